The minimum atomic E-state index is -0.303. The molecule has 0 saturated carbocycles. The first kappa shape index (κ1) is 20.6. The predicted molar refractivity (Wildman–Crippen MR) is 113 cm³/mol. The van der Waals surface area contributed by atoms with Crippen LogP contribution >= 0.6 is 0 Å². The first-order valence-corrected chi connectivity index (χ1v) is 9.80. The van der Waals surface area contributed by atoms with E-state index in [2.05, 4.69) is 25.9 Å². The number of aliphatic imine (C=N–C) groups is 1. The normalized spacial score (nSPS) is 16.6. The summed E-state index contributed by atoms with van der Waals surface area (Å²) < 4.78 is 14.0. The molecular weight excluding hydrogens is 371 g/mol. The molecule has 0 aliphatic carbocycles. The van der Waals surface area contributed by atoms with Crippen LogP contribution in [0.15, 0.2) is 47.6 Å². The zero-order valence-corrected chi connectivity index (χ0v) is 16.8. The second kappa shape index (κ2) is 9.86. The second-order valence-corrected chi connectivity index (χ2v) is 6.87. The van der Waals surface area contributed by atoms with Crippen LogP contribution in [0.1, 0.15) is 29.3 Å². The van der Waals surface area contributed by atoms with Crippen LogP contribution in [-0.2, 0) is 6.54 Å². The number of carbonyl (C=O) groups is 1. The number of nitrogens with one attached hydrogen (secondary N) is 3. The van der Waals surface area contributed by atoms with Crippen LogP contribution in [-0.4, -0.2) is 49.6 Å². The molecule has 0 bridgehead atoms. The number of amides is 1. The molecular formula is C21H27FN6O. The molecule has 8 heteroatoms. The average Bonchev–Trinajstić information content (AvgIpc) is 3.20. The first-order valence-electron chi connectivity index (χ1n) is 9.80. The molecule has 1 aliphatic heterocycles. The van der Waals surface area contributed by atoms with Crippen LogP contribution in [0.4, 0.5) is 10.2 Å². The lowest BCUT2D eigenvalue weighted by Gasteiger charge is -2.20. The summed E-state index contributed by atoms with van der Waals surface area (Å²) in [6.45, 7) is 4.42. The number of nitrogens with zero attached hydrogens (tertiary/aromatic N) is 3. The number of rotatable bonds is 6. The molecule has 7 nitrogen and oxygen atoms in total. The van der Waals surface area contributed by atoms with Crippen molar-refractivity contribution in [3.05, 3.63) is 59.5 Å². The van der Waals surface area contributed by atoms with Crippen molar-refractivity contribution >= 4 is 17.7 Å². The minimum absolute atomic E-state index is 0.0790. The van der Waals surface area contributed by atoms with Crippen molar-refractivity contribution in [1.82, 2.24) is 20.9 Å². The van der Waals surface area contributed by atoms with Gasteiger partial charge in [0.2, 0.25) is 0 Å². The highest BCUT2D eigenvalue weighted by Crippen LogP contribution is 2.20. The van der Waals surface area contributed by atoms with Gasteiger partial charge in [-0.3, -0.25) is 9.79 Å². The predicted octanol–water partition coefficient (Wildman–Crippen LogP) is 1.91. The van der Waals surface area contributed by atoms with E-state index in [1.54, 1.807) is 25.4 Å². The molecule has 1 aromatic carbocycles. The number of hydrogen-bond donors (Lipinski definition) is 3. The zero-order chi connectivity index (χ0) is 20.6. The van der Waals surface area contributed by atoms with Gasteiger partial charge >= 0.3 is 0 Å². The van der Waals surface area contributed by atoms with Gasteiger partial charge in [-0.15, -0.1) is 0 Å². The standard InChI is InChI=1S/C21H27FN6O/c1-3-24-20(29)16-7-4-6-15(12-16)13-26-21(23-2)27-17-9-11-28(14-17)19-18(22)8-5-10-25-19/h4-8,10,12,17H,3,9,11,13-14H2,1-2H3,(H,24,29)(H2,23,26,27). The Kier molecular flexibility index (Phi) is 6.99. The fourth-order valence-electron chi connectivity index (χ4n) is 3.34. The number of guanidine groups is 1. The Morgan fingerprint density at radius 1 is 1.31 bits per heavy atom. The fraction of sp³-hybridized carbons (Fsp3) is 0.381. The average molecular weight is 398 g/mol. The van der Waals surface area contributed by atoms with Gasteiger partial charge in [-0.1, -0.05) is 12.1 Å². The summed E-state index contributed by atoms with van der Waals surface area (Å²) in [6.07, 6.45) is 2.47. The third-order valence-corrected chi connectivity index (χ3v) is 4.78. The highest BCUT2D eigenvalue weighted by Gasteiger charge is 2.25. The van der Waals surface area contributed by atoms with Crippen LogP contribution in [0.25, 0.3) is 0 Å². The molecule has 1 fully saturated rings. The van der Waals surface area contributed by atoms with Crippen molar-refractivity contribution in [2.45, 2.75) is 25.9 Å². The number of carbonyl (C=O) groups excluding carboxylic acids is 1. The molecule has 2 heterocycles. The van der Waals surface area contributed by atoms with Crippen molar-refractivity contribution < 1.29 is 9.18 Å². The van der Waals surface area contributed by atoms with E-state index in [0.29, 0.717) is 37.0 Å². The third-order valence-electron chi connectivity index (χ3n) is 4.78. The summed E-state index contributed by atoms with van der Waals surface area (Å²) in [4.78, 5) is 22.4. The van der Waals surface area contributed by atoms with Gasteiger partial charge in [0.25, 0.3) is 5.91 Å². The number of aromatic nitrogens is 1. The molecule has 3 N–H and O–H groups in total. The molecule has 29 heavy (non-hydrogen) atoms. The van der Waals surface area contributed by atoms with Gasteiger partial charge in [0.15, 0.2) is 17.6 Å². The van der Waals surface area contributed by atoms with Gasteiger partial charge < -0.3 is 20.9 Å². The van der Waals surface area contributed by atoms with E-state index in [1.807, 2.05) is 30.0 Å². The van der Waals surface area contributed by atoms with Gasteiger partial charge in [0.05, 0.1) is 0 Å². The van der Waals surface area contributed by atoms with Gasteiger partial charge in [0, 0.05) is 51.0 Å². The molecule has 0 spiro atoms. The Hall–Kier alpha value is -3.16. The molecule has 1 saturated heterocycles. The minimum Gasteiger partial charge on any atom is -0.352 e. The molecule has 1 atom stereocenters. The largest absolute Gasteiger partial charge is 0.352 e. The van der Waals surface area contributed by atoms with E-state index in [9.17, 15) is 9.18 Å². The van der Waals surface area contributed by atoms with Crippen molar-refractivity contribution in [3.63, 3.8) is 0 Å². The van der Waals surface area contributed by atoms with Crippen molar-refractivity contribution in [3.8, 4) is 0 Å². The number of pyridine rings is 1. The summed E-state index contributed by atoms with van der Waals surface area (Å²) in [5.74, 6) is 0.677. The van der Waals surface area contributed by atoms with Crippen LogP contribution in [0.5, 0.6) is 0 Å². The molecule has 2 aromatic rings. The monoisotopic (exact) mass is 398 g/mol. The maximum absolute atomic E-state index is 14.0. The van der Waals surface area contributed by atoms with E-state index in [0.717, 1.165) is 18.5 Å². The molecule has 1 aliphatic rings. The summed E-state index contributed by atoms with van der Waals surface area (Å²) in [7, 11) is 1.71. The lowest BCUT2D eigenvalue weighted by atomic mass is 10.1. The lowest BCUT2D eigenvalue weighted by molar-refractivity contribution is 0.0955. The summed E-state index contributed by atoms with van der Waals surface area (Å²) in [6, 6.07) is 10.7. The van der Waals surface area contributed by atoms with Crippen molar-refractivity contribution in [1.29, 1.82) is 0 Å². The van der Waals surface area contributed by atoms with E-state index < -0.39 is 0 Å². The second-order valence-electron chi connectivity index (χ2n) is 6.87. The zero-order valence-electron chi connectivity index (χ0n) is 16.8. The van der Waals surface area contributed by atoms with Gasteiger partial charge in [0.1, 0.15) is 0 Å². The number of anilines is 1. The lowest BCUT2D eigenvalue weighted by Crippen LogP contribution is -2.44. The van der Waals surface area contributed by atoms with Crippen LogP contribution in [0, 0.1) is 5.82 Å². The van der Waals surface area contributed by atoms with Crippen molar-refractivity contribution in [2.24, 2.45) is 4.99 Å². The fourth-order valence-corrected chi connectivity index (χ4v) is 3.34. The maximum atomic E-state index is 14.0. The Labute approximate surface area is 170 Å². The first-order chi connectivity index (χ1) is 14.1. The van der Waals surface area contributed by atoms with Crippen LogP contribution in [0.2, 0.25) is 0 Å². The Bertz CT molecular complexity index is 872. The van der Waals surface area contributed by atoms with Crippen molar-refractivity contribution in [2.75, 3.05) is 31.6 Å². The van der Waals surface area contributed by atoms with Gasteiger partial charge in [-0.05, 0) is 43.2 Å². The molecule has 0 radical (unpaired) electrons. The SMILES string of the molecule is CCNC(=O)c1cccc(CNC(=NC)NC2CCN(c3ncccc3F)C2)c1. The highest BCUT2D eigenvalue weighted by atomic mass is 19.1. The maximum Gasteiger partial charge on any atom is 0.251 e. The molecule has 154 valence electrons. The summed E-state index contributed by atoms with van der Waals surface area (Å²) >= 11 is 0. The Morgan fingerprint density at radius 2 is 2.17 bits per heavy atom. The molecule has 1 amide bonds. The summed E-state index contributed by atoms with van der Waals surface area (Å²) in [5, 5.41) is 9.46. The highest BCUT2D eigenvalue weighted by molar-refractivity contribution is 5.94. The van der Waals surface area contributed by atoms with E-state index in [4.69, 9.17) is 0 Å². The Balaban J connectivity index is 1.53. The number of halogens is 1. The molecule has 1 unspecified atom stereocenters. The van der Waals surface area contributed by atoms with E-state index in [-0.39, 0.29) is 17.8 Å². The van der Waals surface area contributed by atoms with Gasteiger partial charge in [-0.25, -0.2) is 9.37 Å². The number of benzene rings is 1. The quantitative estimate of drug-likeness (QED) is 0.512. The van der Waals surface area contributed by atoms with Gasteiger partial charge in [-0.2, -0.15) is 0 Å². The smallest absolute Gasteiger partial charge is 0.251 e. The molecule has 1 aromatic heterocycles. The summed E-state index contributed by atoms with van der Waals surface area (Å²) in [5.41, 5.74) is 1.62. The topological polar surface area (TPSA) is 81.6 Å². The van der Waals surface area contributed by atoms with Crippen LogP contribution in [0.3, 0.4) is 0 Å². The third kappa shape index (κ3) is 5.43. The molecule has 3 rings (SSSR count). The number of hydrogen-bond acceptors (Lipinski definition) is 4. The Morgan fingerprint density at radius 3 is 2.93 bits per heavy atom. The van der Waals surface area contributed by atoms with E-state index in [1.165, 1.54) is 6.07 Å². The van der Waals surface area contributed by atoms with E-state index >= 15 is 0 Å². The van der Waals surface area contributed by atoms with Crippen LogP contribution < -0.4 is 20.9 Å².